The van der Waals surface area contributed by atoms with Gasteiger partial charge in [-0.3, -0.25) is 4.79 Å². The number of halogens is 3. The molecule has 2 N–H and O–H groups in total. The van der Waals surface area contributed by atoms with Crippen molar-refractivity contribution in [3.8, 4) is 0 Å². The summed E-state index contributed by atoms with van der Waals surface area (Å²) in [6.45, 7) is 0.993. The zero-order valence-corrected chi connectivity index (χ0v) is 17.5. The van der Waals surface area contributed by atoms with Crippen LogP contribution in [0.1, 0.15) is 22.6 Å². The van der Waals surface area contributed by atoms with Crippen molar-refractivity contribution in [2.75, 3.05) is 31.6 Å². The summed E-state index contributed by atoms with van der Waals surface area (Å²) < 4.78 is 57.9. The number of alkyl halides is 2. The lowest BCUT2D eigenvalue weighted by atomic mass is 10.2. The van der Waals surface area contributed by atoms with Crippen LogP contribution in [-0.2, 0) is 14.8 Å². The number of carbonyl (C=O) groups is 1. The summed E-state index contributed by atoms with van der Waals surface area (Å²) >= 11 is 6.12. The number of aromatic nitrogens is 2. The lowest BCUT2D eigenvalue weighted by molar-refractivity contribution is 0.0730. The van der Waals surface area contributed by atoms with Crippen molar-refractivity contribution in [3.05, 3.63) is 52.8 Å². The summed E-state index contributed by atoms with van der Waals surface area (Å²) in [6, 6.07) is 8.43. The van der Waals surface area contributed by atoms with Gasteiger partial charge in [0.2, 0.25) is 10.0 Å². The van der Waals surface area contributed by atoms with Gasteiger partial charge in [-0.25, -0.2) is 22.2 Å². The first-order chi connectivity index (χ1) is 14.8. The van der Waals surface area contributed by atoms with Crippen molar-refractivity contribution >= 4 is 44.3 Å². The predicted molar refractivity (Wildman–Crippen MR) is 110 cm³/mol. The van der Waals surface area contributed by atoms with Crippen molar-refractivity contribution in [3.63, 3.8) is 0 Å². The van der Waals surface area contributed by atoms with Gasteiger partial charge in [0, 0.05) is 24.3 Å². The van der Waals surface area contributed by atoms with Gasteiger partial charge in [-0.05, 0) is 36.4 Å². The molecule has 1 aliphatic heterocycles. The fourth-order valence-electron chi connectivity index (χ4n) is 3.18. The molecule has 1 amide bonds. The number of fused-ring (bicyclic) bond motifs is 1. The number of imidazole rings is 1. The highest BCUT2D eigenvalue weighted by molar-refractivity contribution is 7.89. The Morgan fingerprint density at radius 1 is 1.19 bits per heavy atom. The van der Waals surface area contributed by atoms with E-state index < -0.39 is 28.2 Å². The number of nitrogens with zero attached hydrogens (tertiary/aromatic N) is 2. The van der Waals surface area contributed by atoms with E-state index in [4.69, 9.17) is 16.3 Å². The van der Waals surface area contributed by atoms with Crippen LogP contribution in [0.3, 0.4) is 0 Å². The molecule has 4 rings (SSSR count). The van der Waals surface area contributed by atoms with E-state index in [0.29, 0.717) is 5.52 Å². The molecule has 31 heavy (non-hydrogen) atoms. The van der Waals surface area contributed by atoms with Crippen molar-refractivity contribution in [1.29, 1.82) is 0 Å². The molecule has 0 saturated carbocycles. The minimum Gasteiger partial charge on any atom is -0.379 e. The normalized spacial score (nSPS) is 15.5. The van der Waals surface area contributed by atoms with Crippen LogP contribution >= 0.6 is 11.6 Å². The maximum Gasteiger partial charge on any atom is 0.295 e. The number of morpholine rings is 1. The molecule has 0 bridgehead atoms. The number of hydrogen-bond donors (Lipinski definition) is 2. The van der Waals surface area contributed by atoms with Crippen LogP contribution in [0.25, 0.3) is 11.0 Å². The lowest BCUT2D eigenvalue weighted by Gasteiger charge is -2.26. The molecule has 0 atom stereocenters. The first-order valence-corrected chi connectivity index (χ1v) is 11.0. The smallest absolute Gasteiger partial charge is 0.295 e. The van der Waals surface area contributed by atoms with Gasteiger partial charge in [-0.1, -0.05) is 11.6 Å². The Hall–Kier alpha value is -2.60. The first-order valence-electron chi connectivity index (χ1n) is 9.22. The number of H-pyrrole nitrogens is 1. The fourth-order valence-corrected chi connectivity index (χ4v) is 5.09. The van der Waals surface area contributed by atoms with E-state index in [0.717, 1.165) is 0 Å². The van der Waals surface area contributed by atoms with E-state index in [9.17, 15) is 22.0 Å². The molecule has 1 saturated heterocycles. The largest absolute Gasteiger partial charge is 0.379 e. The van der Waals surface area contributed by atoms with Gasteiger partial charge in [0.05, 0.1) is 29.3 Å². The zero-order chi connectivity index (χ0) is 22.2. The molecule has 0 spiro atoms. The molecule has 2 aromatic carbocycles. The Morgan fingerprint density at radius 3 is 2.65 bits per heavy atom. The molecule has 2 heterocycles. The summed E-state index contributed by atoms with van der Waals surface area (Å²) in [4.78, 5) is 18.7. The molecule has 1 aliphatic rings. The second kappa shape index (κ2) is 8.50. The highest BCUT2D eigenvalue weighted by atomic mass is 35.5. The molecule has 164 valence electrons. The summed E-state index contributed by atoms with van der Waals surface area (Å²) in [5.41, 5.74) is 0.996. The third-order valence-electron chi connectivity index (χ3n) is 4.75. The molecule has 1 aromatic heterocycles. The third-order valence-corrected chi connectivity index (χ3v) is 7.13. The second-order valence-electron chi connectivity index (χ2n) is 6.77. The Kier molecular flexibility index (Phi) is 5.93. The van der Waals surface area contributed by atoms with E-state index in [1.807, 2.05) is 0 Å². The van der Waals surface area contributed by atoms with E-state index in [1.54, 1.807) is 0 Å². The van der Waals surface area contributed by atoms with Crippen molar-refractivity contribution < 1.29 is 26.7 Å². The molecule has 12 heteroatoms. The molecular weight excluding hydrogens is 454 g/mol. The molecule has 8 nitrogen and oxygen atoms in total. The number of benzene rings is 2. The maximum atomic E-state index is 12.9. The summed E-state index contributed by atoms with van der Waals surface area (Å²) in [5, 5.41) is 2.64. The van der Waals surface area contributed by atoms with E-state index in [1.165, 1.54) is 40.7 Å². The van der Waals surface area contributed by atoms with Gasteiger partial charge in [-0.2, -0.15) is 4.31 Å². The van der Waals surface area contributed by atoms with Crippen molar-refractivity contribution in [2.24, 2.45) is 0 Å². The van der Waals surface area contributed by atoms with Crippen molar-refractivity contribution in [1.82, 2.24) is 14.3 Å². The summed E-state index contributed by atoms with van der Waals surface area (Å²) in [7, 11) is -3.86. The number of aromatic amines is 1. The van der Waals surface area contributed by atoms with Crippen LogP contribution in [0.15, 0.2) is 41.3 Å². The topological polar surface area (TPSA) is 104 Å². The SMILES string of the molecule is O=C(Nc1ccc(Cl)c(S(=O)(=O)N2CCOCC2)c1)c1ccc2nc(C(F)F)[nH]c2c1. The minimum atomic E-state index is -3.86. The molecule has 1 fully saturated rings. The monoisotopic (exact) mass is 470 g/mol. The first kappa shape index (κ1) is 21.6. The Morgan fingerprint density at radius 2 is 1.94 bits per heavy atom. The Labute approximate surface area is 181 Å². The van der Waals surface area contributed by atoms with Crippen molar-refractivity contribution in [2.45, 2.75) is 11.3 Å². The van der Waals surface area contributed by atoms with Gasteiger partial charge >= 0.3 is 0 Å². The number of rotatable bonds is 5. The predicted octanol–water partition coefficient (Wildman–Crippen LogP) is 3.43. The number of carbonyl (C=O) groups excluding carboxylic acids is 1. The van der Waals surface area contributed by atoms with Crippen LogP contribution in [0.5, 0.6) is 0 Å². The van der Waals surface area contributed by atoms with Gasteiger partial charge in [0.1, 0.15) is 4.90 Å². The van der Waals surface area contributed by atoms with Crippen LogP contribution in [0.4, 0.5) is 14.5 Å². The molecular formula is C19H17ClF2N4O4S. The quantitative estimate of drug-likeness (QED) is 0.594. The number of hydrogen-bond acceptors (Lipinski definition) is 5. The third kappa shape index (κ3) is 4.40. The number of nitrogens with one attached hydrogen (secondary N) is 2. The number of sulfonamides is 1. The Balaban J connectivity index is 1.58. The highest BCUT2D eigenvalue weighted by Crippen LogP contribution is 2.29. The van der Waals surface area contributed by atoms with Gasteiger partial charge < -0.3 is 15.0 Å². The van der Waals surface area contributed by atoms with Gasteiger partial charge in [0.25, 0.3) is 12.3 Å². The number of ether oxygens (including phenoxy) is 1. The number of anilines is 1. The number of amides is 1. The van der Waals surface area contributed by atoms with Crippen LogP contribution < -0.4 is 5.32 Å². The highest BCUT2D eigenvalue weighted by Gasteiger charge is 2.28. The summed E-state index contributed by atoms with van der Waals surface area (Å²) in [5.74, 6) is -1.03. The maximum absolute atomic E-state index is 12.9. The van der Waals surface area contributed by atoms with E-state index >= 15 is 0 Å². The molecule has 0 unspecified atom stereocenters. The molecule has 0 radical (unpaired) electrons. The van der Waals surface area contributed by atoms with Crippen LogP contribution in [0.2, 0.25) is 5.02 Å². The average Bonchev–Trinajstić information content (AvgIpc) is 3.19. The van der Waals surface area contributed by atoms with Crippen LogP contribution in [-0.4, -0.2) is 54.9 Å². The second-order valence-corrected chi connectivity index (χ2v) is 9.08. The fraction of sp³-hybridized carbons (Fsp3) is 0.263. The Bertz CT molecular complexity index is 1240. The van der Waals surface area contributed by atoms with E-state index in [-0.39, 0.29) is 53.0 Å². The minimum absolute atomic E-state index is 0.0305. The lowest BCUT2D eigenvalue weighted by Crippen LogP contribution is -2.40. The molecule has 3 aromatic rings. The zero-order valence-electron chi connectivity index (χ0n) is 15.9. The van der Waals surface area contributed by atoms with Gasteiger partial charge in [-0.15, -0.1) is 0 Å². The van der Waals surface area contributed by atoms with E-state index in [2.05, 4.69) is 15.3 Å². The van der Waals surface area contributed by atoms with Gasteiger partial charge in [0.15, 0.2) is 5.82 Å². The molecule has 0 aliphatic carbocycles. The average molecular weight is 471 g/mol. The van der Waals surface area contributed by atoms with Crippen LogP contribution in [0, 0.1) is 0 Å². The summed E-state index contributed by atoms with van der Waals surface area (Å²) in [6.07, 6.45) is -2.76. The standard InChI is InChI=1S/C19H17ClF2N4O4S/c20-13-3-2-12(10-16(13)31(28,29)26-5-7-30-8-6-26)23-19(27)11-1-4-14-15(9-11)25-18(24-14)17(21)22/h1-4,9-10,17H,5-8H2,(H,23,27)(H,24,25).